The van der Waals surface area contributed by atoms with Gasteiger partial charge in [-0.2, -0.15) is 0 Å². The van der Waals surface area contributed by atoms with E-state index in [0.29, 0.717) is 22.5 Å². The summed E-state index contributed by atoms with van der Waals surface area (Å²) in [6.07, 6.45) is 0. The lowest BCUT2D eigenvalue weighted by Crippen LogP contribution is -2.18. The molecule has 2 amide bonds. The molecule has 0 aromatic heterocycles. The monoisotopic (exact) mass is 324 g/mol. The summed E-state index contributed by atoms with van der Waals surface area (Å²) in [4.78, 5) is 35.3. The number of ketones is 1. The van der Waals surface area contributed by atoms with Crippen molar-refractivity contribution >= 4 is 29.0 Å². The van der Waals surface area contributed by atoms with Crippen molar-refractivity contribution in [3.63, 3.8) is 0 Å². The lowest BCUT2D eigenvalue weighted by atomic mass is 10.1. The fraction of sp³-hybridized carbons (Fsp3) is 0.211. The van der Waals surface area contributed by atoms with Crippen LogP contribution in [0, 0.1) is 5.92 Å². The van der Waals surface area contributed by atoms with E-state index in [1.54, 1.807) is 62.4 Å². The van der Waals surface area contributed by atoms with E-state index < -0.39 is 0 Å². The Bertz CT molecular complexity index is 764. The van der Waals surface area contributed by atoms with Crippen LogP contribution in [0.5, 0.6) is 0 Å². The molecule has 0 spiro atoms. The summed E-state index contributed by atoms with van der Waals surface area (Å²) in [6, 6.07) is 13.4. The minimum Gasteiger partial charge on any atom is -0.326 e. The predicted molar refractivity (Wildman–Crippen MR) is 94.3 cm³/mol. The van der Waals surface area contributed by atoms with Gasteiger partial charge in [0, 0.05) is 28.4 Å². The van der Waals surface area contributed by atoms with Crippen LogP contribution in [-0.4, -0.2) is 17.6 Å². The van der Waals surface area contributed by atoms with E-state index in [2.05, 4.69) is 10.6 Å². The molecule has 0 unspecified atom stereocenters. The first kappa shape index (κ1) is 17.4. The SMILES string of the molecule is CC(=O)c1ccc(NC(=O)c2cccc(NC(=O)C(C)C)c2)cc1. The van der Waals surface area contributed by atoms with Crippen molar-refractivity contribution in [3.05, 3.63) is 59.7 Å². The molecule has 0 saturated heterocycles. The minimum atomic E-state index is -0.286. The third-order valence-electron chi connectivity index (χ3n) is 3.47. The molecule has 5 heteroatoms. The second-order valence-corrected chi connectivity index (χ2v) is 5.81. The highest BCUT2D eigenvalue weighted by Gasteiger charge is 2.10. The second kappa shape index (κ2) is 7.55. The molecule has 0 radical (unpaired) electrons. The van der Waals surface area contributed by atoms with Crippen molar-refractivity contribution in [1.82, 2.24) is 0 Å². The Labute approximate surface area is 141 Å². The minimum absolute atomic E-state index is 0.0264. The molecule has 0 atom stereocenters. The number of carbonyl (C=O) groups excluding carboxylic acids is 3. The summed E-state index contributed by atoms with van der Waals surface area (Å²) >= 11 is 0. The summed E-state index contributed by atoms with van der Waals surface area (Å²) in [6.45, 7) is 5.09. The first-order chi connectivity index (χ1) is 11.4. The average Bonchev–Trinajstić information content (AvgIpc) is 2.55. The van der Waals surface area contributed by atoms with Crippen LogP contribution < -0.4 is 10.6 Å². The molecule has 0 bridgehead atoms. The Hall–Kier alpha value is -2.95. The maximum absolute atomic E-state index is 12.3. The van der Waals surface area contributed by atoms with Gasteiger partial charge >= 0.3 is 0 Å². The zero-order valence-electron chi connectivity index (χ0n) is 13.9. The normalized spacial score (nSPS) is 10.3. The molecule has 2 rings (SSSR count). The van der Waals surface area contributed by atoms with Crippen LogP contribution in [0.1, 0.15) is 41.5 Å². The Morgan fingerprint density at radius 2 is 1.50 bits per heavy atom. The van der Waals surface area contributed by atoms with Crippen molar-refractivity contribution in [2.75, 3.05) is 10.6 Å². The largest absolute Gasteiger partial charge is 0.326 e. The fourth-order valence-electron chi connectivity index (χ4n) is 2.02. The van der Waals surface area contributed by atoms with Crippen LogP contribution in [0.15, 0.2) is 48.5 Å². The Morgan fingerprint density at radius 3 is 2.08 bits per heavy atom. The maximum atomic E-state index is 12.3. The summed E-state index contributed by atoms with van der Waals surface area (Å²) < 4.78 is 0. The highest BCUT2D eigenvalue weighted by Crippen LogP contribution is 2.15. The quantitative estimate of drug-likeness (QED) is 0.823. The number of anilines is 2. The third kappa shape index (κ3) is 4.52. The number of benzene rings is 2. The summed E-state index contributed by atoms with van der Waals surface area (Å²) in [7, 11) is 0. The average molecular weight is 324 g/mol. The van der Waals surface area contributed by atoms with E-state index in [0.717, 1.165) is 0 Å². The van der Waals surface area contributed by atoms with Crippen LogP contribution in [0.25, 0.3) is 0 Å². The van der Waals surface area contributed by atoms with Crippen LogP contribution >= 0.6 is 0 Å². The molecule has 124 valence electrons. The zero-order valence-corrected chi connectivity index (χ0v) is 13.9. The fourth-order valence-corrected chi connectivity index (χ4v) is 2.02. The van der Waals surface area contributed by atoms with E-state index in [4.69, 9.17) is 0 Å². The van der Waals surface area contributed by atoms with Gasteiger partial charge < -0.3 is 10.6 Å². The Morgan fingerprint density at radius 1 is 0.833 bits per heavy atom. The van der Waals surface area contributed by atoms with Crippen molar-refractivity contribution in [2.24, 2.45) is 5.92 Å². The van der Waals surface area contributed by atoms with Crippen LogP contribution in [0.3, 0.4) is 0 Å². The topological polar surface area (TPSA) is 75.3 Å². The Kier molecular flexibility index (Phi) is 5.47. The smallest absolute Gasteiger partial charge is 0.255 e. The van der Waals surface area contributed by atoms with Gasteiger partial charge in [0.1, 0.15) is 0 Å². The first-order valence-corrected chi connectivity index (χ1v) is 7.70. The second-order valence-electron chi connectivity index (χ2n) is 5.81. The Balaban J connectivity index is 2.09. The summed E-state index contributed by atoms with van der Waals surface area (Å²) in [5, 5.41) is 5.53. The molecular weight excluding hydrogens is 304 g/mol. The molecule has 0 aliphatic heterocycles. The van der Waals surface area contributed by atoms with Gasteiger partial charge in [0.25, 0.3) is 5.91 Å². The molecule has 2 aromatic carbocycles. The predicted octanol–water partition coefficient (Wildman–Crippen LogP) is 3.74. The lowest BCUT2D eigenvalue weighted by molar-refractivity contribution is -0.118. The number of carbonyl (C=O) groups is 3. The van der Waals surface area contributed by atoms with Gasteiger partial charge in [0.15, 0.2) is 5.78 Å². The third-order valence-corrected chi connectivity index (χ3v) is 3.47. The molecule has 0 saturated carbocycles. The first-order valence-electron chi connectivity index (χ1n) is 7.70. The standard InChI is InChI=1S/C19H20N2O3/c1-12(2)18(23)21-17-6-4-5-15(11-17)19(24)20-16-9-7-14(8-10-16)13(3)22/h4-12H,1-3H3,(H,20,24)(H,21,23). The lowest BCUT2D eigenvalue weighted by Gasteiger charge is -2.10. The maximum Gasteiger partial charge on any atom is 0.255 e. The van der Waals surface area contributed by atoms with Gasteiger partial charge in [-0.3, -0.25) is 14.4 Å². The summed E-state index contributed by atoms with van der Waals surface area (Å²) in [5.41, 5.74) is 2.20. The van der Waals surface area contributed by atoms with Gasteiger partial charge in [0.2, 0.25) is 5.91 Å². The number of hydrogen-bond acceptors (Lipinski definition) is 3. The number of Topliss-reactive ketones (excluding diaryl/α,β-unsaturated/α-hetero) is 1. The van der Waals surface area contributed by atoms with E-state index in [1.165, 1.54) is 6.92 Å². The highest BCUT2D eigenvalue weighted by atomic mass is 16.2. The zero-order chi connectivity index (χ0) is 17.7. The molecule has 0 aliphatic carbocycles. The van der Waals surface area contributed by atoms with Gasteiger partial charge in [-0.05, 0) is 49.4 Å². The molecule has 5 nitrogen and oxygen atoms in total. The van der Waals surface area contributed by atoms with Crippen LogP contribution in [0.2, 0.25) is 0 Å². The van der Waals surface area contributed by atoms with E-state index in [-0.39, 0.29) is 23.5 Å². The number of hydrogen-bond donors (Lipinski definition) is 2. The van der Waals surface area contributed by atoms with Crippen LogP contribution in [-0.2, 0) is 4.79 Å². The van der Waals surface area contributed by atoms with Crippen LogP contribution in [0.4, 0.5) is 11.4 Å². The van der Waals surface area contributed by atoms with Gasteiger partial charge in [-0.15, -0.1) is 0 Å². The van der Waals surface area contributed by atoms with E-state index >= 15 is 0 Å². The van der Waals surface area contributed by atoms with Crippen molar-refractivity contribution in [3.8, 4) is 0 Å². The van der Waals surface area contributed by atoms with Gasteiger partial charge in [0.05, 0.1) is 0 Å². The van der Waals surface area contributed by atoms with Crippen molar-refractivity contribution in [1.29, 1.82) is 0 Å². The van der Waals surface area contributed by atoms with E-state index in [1.807, 2.05) is 0 Å². The molecule has 24 heavy (non-hydrogen) atoms. The molecule has 0 heterocycles. The van der Waals surface area contributed by atoms with Gasteiger partial charge in [-0.1, -0.05) is 19.9 Å². The van der Waals surface area contributed by atoms with Crippen molar-refractivity contribution in [2.45, 2.75) is 20.8 Å². The number of nitrogens with one attached hydrogen (secondary N) is 2. The number of rotatable bonds is 5. The van der Waals surface area contributed by atoms with E-state index in [9.17, 15) is 14.4 Å². The summed E-state index contributed by atoms with van der Waals surface area (Å²) in [5.74, 6) is -0.553. The molecule has 0 aliphatic rings. The molecular formula is C19H20N2O3. The molecule has 2 N–H and O–H groups in total. The van der Waals surface area contributed by atoms with Gasteiger partial charge in [-0.25, -0.2) is 0 Å². The molecule has 0 fully saturated rings. The number of amides is 2. The highest BCUT2D eigenvalue weighted by molar-refractivity contribution is 6.05. The van der Waals surface area contributed by atoms with Crippen molar-refractivity contribution < 1.29 is 14.4 Å². The molecule has 2 aromatic rings.